The molecule has 2 amide bonds. The van der Waals surface area contributed by atoms with E-state index in [2.05, 4.69) is 43.1 Å². The summed E-state index contributed by atoms with van der Waals surface area (Å²) in [6.45, 7) is 9.27. The number of nitrogens with zero attached hydrogens (tertiary/aromatic N) is 2. The van der Waals surface area contributed by atoms with E-state index in [1.807, 2.05) is 41.3 Å². The van der Waals surface area contributed by atoms with Crippen LogP contribution in [-0.4, -0.2) is 42.2 Å². The molecule has 28 heavy (non-hydrogen) atoms. The van der Waals surface area contributed by atoms with Crippen molar-refractivity contribution in [1.29, 1.82) is 0 Å². The van der Waals surface area contributed by atoms with Crippen molar-refractivity contribution >= 4 is 11.7 Å². The minimum Gasteiger partial charge on any atom is -0.506 e. The van der Waals surface area contributed by atoms with E-state index in [9.17, 15) is 9.90 Å². The molecule has 1 saturated heterocycles. The van der Waals surface area contributed by atoms with Gasteiger partial charge in [0.1, 0.15) is 5.75 Å². The Hall–Kier alpha value is -2.69. The zero-order valence-electron chi connectivity index (χ0n) is 17.1. The molecule has 1 aliphatic rings. The molecule has 5 heteroatoms. The van der Waals surface area contributed by atoms with Crippen molar-refractivity contribution < 1.29 is 9.90 Å². The average Bonchev–Trinajstić information content (AvgIpc) is 2.68. The number of amides is 2. The number of urea groups is 1. The SMILES string of the molecule is CC(C)(C)CC(NC(=O)N1CCN(c2ccccc2O)CC1)c1ccccc1. The number of rotatable bonds is 4. The van der Waals surface area contributed by atoms with Crippen LogP contribution in [-0.2, 0) is 0 Å². The van der Waals surface area contributed by atoms with Crippen molar-refractivity contribution in [2.24, 2.45) is 5.41 Å². The number of anilines is 1. The van der Waals surface area contributed by atoms with Gasteiger partial charge < -0.3 is 20.2 Å². The van der Waals surface area contributed by atoms with Crippen molar-refractivity contribution in [3.05, 3.63) is 60.2 Å². The van der Waals surface area contributed by atoms with E-state index < -0.39 is 0 Å². The number of carbonyl (C=O) groups excluding carboxylic acids is 1. The smallest absolute Gasteiger partial charge is 0.318 e. The van der Waals surface area contributed by atoms with Crippen LogP contribution in [0.5, 0.6) is 5.75 Å². The van der Waals surface area contributed by atoms with Gasteiger partial charge in [-0.3, -0.25) is 0 Å². The molecule has 0 saturated carbocycles. The highest BCUT2D eigenvalue weighted by Crippen LogP contribution is 2.30. The summed E-state index contributed by atoms with van der Waals surface area (Å²) in [6, 6.07) is 17.5. The number of nitrogens with one attached hydrogen (secondary N) is 1. The zero-order chi connectivity index (χ0) is 20.1. The number of para-hydroxylation sites is 2. The first-order valence-electron chi connectivity index (χ1n) is 9.97. The molecule has 1 fully saturated rings. The van der Waals surface area contributed by atoms with Crippen molar-refractivity contribution in [1.82, 2.24) is 10.2 Å². The summed E-state index contributed by atoms with van der Waals surface area (Å²) >= 11 is 0. The molecule has 2 aromatic rings. The summed E-state index contributed by atoms with van der Waals surface area (Å²) in [5, 5.41) is 13.3. The number of carbonyl (C=O) groups is 1. The summed E-state index contributed by atoms with van der Waals surface area (Å²) in [5.74, 6) is 0.287. The van der Waals surface area contributed by atoms with Gasteiger partial charge in [0, 0.05) is 26.2 Å². The number of piperazine rings is 1. The summed E-state index contributed by atoms with van der Waals surface area (Å²) in [4.78, 5) is 16.9. The Morgan fingerprint density at radius 2 is 1.61 bits per heavy atom. The van der Waals surface area contributed by atoms with E-state index in [-0.39, 0.29) is 23.2 Å². The number of benzene rings is 2. The van der Waals surface area contributed by atoms with Crippen LogP contribution in [0.25, 0.3) is 0 Å². The van der Waals surface area contributed by atoms with Gasteiger partial charge in [-0.25, -0.2) is 4.79 Å². The van der Waals surface area contributed by atoms with E-state index in [1.165, 1.54) is 0 Å². The minimum atomic E-state index is -0.0185. The monoisotopic (exact) mass is 381 g/mol. The summed E-state index contributed by atoms with van der Waals surface area (Å²) in [6.07, 6.45) is 0.876. The van der Waals surface area contributed by atoms with Gasteiger partial charge in [-0.1, -0.05) is 63.2 Å². The number of phenolic OH excluding ortho intramolecular Hbond substituents is 1. The topological polar surface area (TPSA) is 55.8 Å². The molecule has 0 aromatic heterocycles. The summed E-state index contributed by atoms with van der Waals surface area (Å²) in [5.41, 5.74) is 2.08. The van der Waals surface area contributed by atoms with Gasteiger partial charge in [0.2, 0.25) is 0 Å². The normalized spacial score (nSPS) is 16.0. The lowest BCUT2D eigenvalue weighted by atomic mass is 9.85. The maximum absolute atomic E-state index is 12.9. The van der Waals surface area contributed by atoms with E-state index >= 15 is 0 Å². The zero-order valence-corrected chi connectivity index (χ0v) is 17.1. The fourth-order valence-electron chi connectivity index (χ4n) is 3.67. The van der Waals surface area contributed by atoms with Crippen LogP contribution in [0.4, 0.5) is 10.5 Å². The molecule has 1 unspecified atom stereocenters. The molecular formula is C23H31N3O2. The Morgan fingerprint density at radius 1 is 1.00 bits per heavy atom. The molecule has 1 heterocycles. The lowest BCUT2D eigenvalue weighted by Gasteiger charge is -2.37. The molecule has 5 nitrogen and oxygen atoms in total. The lowest BCUT2D eigenvalue weighted by molar-refractivity contribution is 0.185. The Morgan fingerprint density at radius 3 is 2.21 bits per heavy atom. The van der Waals surface area contributed by atoms with Crippen LogP contribution in [0, 0.1) is 5.41 Å². The van der Waals surface area contributed by atoms with Gasteiger partial charge in [0.25, 0.3) is 0 Å². The van der Waals surface area contributed by atoms with E-state index in [0.717, 1.165) is 17.7 Å². The van der Waals surface area contributed by atoms with Crippen LogP contribution in [0.1, 0.15) is 38.8 Å². The Kier molecular flexibility index (Phi) is 6.12. The molecule has 2 aromatic carbocycles. The minimum absolute atomic E-state index is 0.00935. The van der Waals surface area contributed by atoms with Gasteiger partial charge in [0.15, 0.2) is 0 Å². The largest absolute Gasteiger partial charge is 0.506 e. The molecule has 0 spiro atoms. The van der Waals surface area contributed by atoms with Crippen molar-refractivity contribution in [2.75, 3.05) is 31.1 Å². The fraction of sp³-hybridized carbons (Fsp3) is 0.435. The van der Waals surface area contributed by atoms with Gasteiger partial charge in [0.05, 0.1) is 11.7 Å². The molecular weight excluding hydrogens is 350 g/mol. The maximum atomic E-state index is 12.9. The first-order valence-corrected chi connectivity index (χ1v) is 9.97. The lowest BCUT2D eigenvalue weighted by Crippen LogP contribution is -2.52. The second kappa shape index (κ2) is 8.55. The van der Waals surface area contributed by atoms with E-state index in [4.69, 9.17) is 0 Å². The molecule has 3 rings (SSSR count). The third-order valence-corrected chi connectivity index (χ3v) is 5.11. The molecule has 0 radical (unpaired) electrons. The van der Waals surface area contributed by atoms with Gasteiger partial charge in [-0.2, -0.15) is 0 Å². The molecule has 1 aliphatic heterocycles. The summed E-state index contributed by atoms with van der Waals surface area (Å²) < 4.78 is 0. The van der Waals surface area contributed by atoms with Gasteiger partial charge in [-0.05, 0) is 29.5 Å². The standard InChI is InChI=1S/C23H31N3O2/c1-23(2,3)17-19(18-9-5-4-6-10-18)24-22(28)26-15-13-25(14-16-26)20-11-7-8-12-21(20)27/h4-12,19,27H,13-17H2,1-3H3,(H,24,28). The van der Waals surface area contributed by atoms with Crippen LogP contribution >= 0.6 is 0 Å². The van der Waals surface area contributed by atoms with Crippen LogP contribution < -0.4 is 10.2 Å². The Labute approximate surface area is 168 Å². The Bertz CT molecular complexity index is 778. The predicted octanol–water partition coefficient (Wildman–Crippen LogP) is 4.40. The molecule has 2 N–H and O–H groups in total. The number of aromatic hydroxyl groups is 1. The second-order valence-electron chi connectivity index (χ2n) is 8.64. The third-order valence-electron chi connectivity index (χ3n) is 5.11. The van der Waals surface area contributed by atoms with Crippen molar-refractivity contribution in [3.8, 4) is 5.75 Å². The molecule has 1 atom stereocenters. The maximum Gasteiger partial charge on any atom is 0.318 e. The highest BCUT2D eigenvalue weighted by Gasteiger charge is 2.26. The number of phenols is 1. The molecule has 150 valence electrons. The van der Waals surface area contributed by atoms with Gasteiger partial charge >= 0.3 is 6.03 Å². The van der Waals surface area contributed by atoms with Crippen LogP contribution in [0.15, 0.2) is 54.6 Å². The highest BCUT2D eigenvalue weighted by atomic mass is 16.3. The first kappa shape index (κ1) is 20.1. The number of hydrogen-bond donors (Lipinski definition) is 2. The van der Waals surface area contributed by atoms with E-state index in [0.29, 0.717) is 26.2 Å². The molecule has 0 bridgehead atoms. The van der Waals surface area contributed by atoms with Crippen molar-refractivity contribution in [3.63, 3.8) is 0 Å². The average molecular weight is 382 g/mol. The highest BCUT2D eigenvalue weighted by molar-refractivity contribution is 5.75. The second-order valence-corrected chi connectivity index (χ2v) is 8.64. The quantitative estimate of drug-likeness (QED) is 0.825. The fourth-order valence-corrected chi connectivity index (χ4v) is 3.67. The molecule has 0 aliphatic carbocycles. The van der Waals surface area contributed by atoms with Crippen molar-refractivity contribution in [2.45, 2.75) is 33.2 Å². The third kappa shape index (κ3) is 5.18. The predicted molar refractivity (Wildman–Crippen MR) is 114 cm³/mol. The Balaban J connectivity index is 1.62. The van der Waals surface area contributed by atoms with Crippen LogP contribution in [0.2, 0.25) is 0 Å². The number of hydrogen-bond acceptors (Lipinski definition) is 3. The van der Waals surface area contributed by atoms with E-state index in [1.54, 1.807) is 6.07 Å². The summed E-state index contributed by atoms with van der Waals surface area (Å²) in [7, 11) is 0. The van der Waals surface area contributed by atoms with Crippen LogP contribution in [0.3, 0.4) is 0 Å². The first-order chi connectivity index (χ1) is 13.3. The van der Waals surface area contributed by atoms with Gasteiger partial charge in [-0.15, -0.1) is 0 Å².